The van der Waals surface area contributed by atoms with E-state index in [1.54, 1.807) is 0 Å². The van der Waals surface area contributed by atoms with Crippen molar-refractivity contribution in [2.24, 2.45) is 11.7 Å². The number of aromatic nitrogens is 2. The number of pyridine rings is 1. The zero-order valence-corrected chi connectivity index (χ0v) is 17.0. The normalized spacial score (nSPS) is 16.2. The van der Waals surface area contributed by atoms with Crippen molar-refractivity contribution in [2.45, 2.75) is 39.3 Å². The summed E-state index contributed by atoms with van der Waals surface area (Å²) in [7, 11) is 0. The van der Waals surface area contributed by atoms with Crippen molar-refractivity contribution >= 4 is 11.6 Å². The highest BCUT2D eigenvalue weighted by Gasteiger charge is 2.26. The minimum absolute atomic E-state index is 0.0228. The van der Waals surface area contributed by atoms with E-state index in [4.69, 9.17) is 10.5 Å². The van der Waals surface area contributed by atoms with E-state index in [1.165, 1.54) is 0 Å². The van der Waals surface area contributed by atoms with Crippen molar-refractivity contribution < 1.29 is 9.53 Å². The third-order valence-corrected chi connectivity index (χ3v) is 5.79. The largest absolute Gasteiger partial charge is 0.486 e. The molecule has 1 amide bonds. The van der Waals surface area contributed by atoms with Gasteiger partial charge in [0.05, 0.1) is 11.3 Å². The van der Waals surface area contributed by atoms with Crippen molar-refractivity contribution in [3.05, 3.63) is 65.6 Å². The van der Waals surface area contributed by atoms with Crippen LogP contribution in [0, 0.1) is 12.8 Å². The number of nitrogens with zero attached hydrogens (tertiary/aromatic N) is 3. The quantitative estimate of drug-likeness (QED) is 0.722. The molecule has 1 saturated heterocycles. The Morgan fingerprint density at radius 1 is 1.24 bits per heavy atom. The minimum atomic E-state index is 0.0228. The Labute approximate surface area is 171 Å². The van der Waals surface area contributed by atoms with Crippen LogP contribution in [0.1, 0.15) is 41.4 Å². The lowest BCUT2D eigenvalue weighted by atomic mass is 9.90. The molecule has 0 spiro atoms. The van der Waals surface area contributed by atoms with Gasteiger partial charge in [-0.3, -0.25) is 4.79 Å². The maximum Gasteiger partial charge on any atom is 0.257 e. The lowest BCUT2D eigenvalue weighted by Crippen LogP contribution is -2.42. The fourth-order valence-electron chi connectivity index (χ4n) is 3.99. The minimum Gasteiger partial charge on any atom is -0.486 e. The predicted molar refractivity (Wildman–Crippen MR) is 113 cm³/mol. The summed E-state index contributed by atoms with van der Waals surface area (Å²) in [6.45, 7) is 5.88. The first-order chi connectivity index (χ1) is 14.0. The Morgan fingerprint density at radius 3 is 2.72 bits per heavy atom. The average molecular weight is 393 g/mol. The molecule has 1 aliphatic rings. The molecular weight excluding hydrogens is 364 g/mol. The molecule has 3 heterocycles. The molecule has 2 aromatic heterocycles. The van der Waals surface area contributed by atoms with E-state index in [0.717, 1.165) is 42.8 Å². The number of hydrogen-bond acceptors (Lipinski definition) is 4. The highest BCUT2D eigenvalue weighted by atomic mass is 16.5. The van der Waals surface area contributed by atoms with Crippen LogP contribution in [-0.4, -0.2) is 39.3 Å². The van der Waals surface area contributed by atoms with Crippen LogP contribution in [0.25, 0.3) is 5.65 Å². The molecule has 0 aliphatic carbocycles. The second-order valence-corrected chi connectivity index (χ2v) is 7.93. The molecule has 1 aromatic carbocycles. The fraction of sp³-hybridized carbons (Fsp3) is 0.391. The lowest BCUT2D eigenvalue weighted by molar-refractivity contribution is 0.0676. The number of imidazole rings is 1. The molecule has 4 rings (SSSR count). The molecule has 3 aromatic rings. The Bertz CT molecular complexity index is 1000. The Morgan fingerprint density at radius 2 is 2.00 bits per heavy atom. The number of amides is 1. The summed E-state index contributed by atoms with van der Waals surface area (Å²) in [5, 5.41) is 0. The van der Waals surface area contributed by atoms with E-state index in [2.05, 4.69) is 4.98 Å². The van der Waals surface area contributed by atoms with E-state index >= 15 is 0 Å². The average Bonchev–Trinajstić information content (AvgIpc) is 3.16. The van der Waals surface area contributed by atoms with Crippen molar-refractivity contribution in [3.8, 4) is 5.75 Å². The number of hydrogen-bond donors (Lipinski definition) is 1. The standard InChI is InChI=1S/C23H28N4O2/c1-16-6-5-11-27-14-19(25-22(16)27)15-29-21-8-4-3-7-20(21)23(28)26-12-9-18(10-13-26)17(2)24/h3-8,11,14,17-18H,9-10,12-13,15,24H2,1-2H3. The van der Waals surface area contributed by atoms with Crippen LogP contribution in [0.3, 0.4) is 0 Å². The first-order valence-corrected chi connectivity index (χ1v) is 10.2. The molecule has 1 atom stereocenters. The van der Waals surface area contributed by atoms with Crippen molar-refractivity contribution in [1.29, 1.82) is 0 Å². The first-order valence-electron chi connectivity index (χ1n) is 10.2. The molecule has 1 aliphatic heterocycles. The first kappa shape index (κ1) is 19.5. The van der Waals surface area contributed by atoms with Crippen LogP contribution in [0.5, 0.6) is 5.75 Å². The number of carbonyl (C=O) groups excluding carboxylic acids is 1. The van der Waals surface area contributed by atoms with Gasteiger partial charge in [-0.25, -0.2) is 4.98 Å². The molecule has 1 unspecified atom stereocenters. The third-order valence-electron chi connectivity index (χ3n) is 5.79. The zero-order valence-electron chi connectivity index (χ0n) is 17.0. The van der Waals surface area contributed by atoms with Gasteiger partial charge in [-0.1, -0.05) is 18.2 Å². The molecule has 6 heteroatoms. The molecule has 2 N–H and O–H groups in total. The van der Waals surface area contributed by atoms with E-state index in [1.807, 2.05) is 71.9 Å². The molecule has 1 fully saturated rings. The van der Waals surface area contributed by atoms with Crippen LogP contribution in [0.2, 0.25) is 0 Å². The summed E-state index contributed by atoms with van der Waals surface area (Å²) < 4.78 is 8.01. The number of likely N-dealkylation sites (tertiary alicyclic amines) is 1. The van der Waals surface area contributed by atoms with Crippen LogP contribution < -0.4 is 10.5 Å². The Balaban J connectivity index is 1.46. The molecule has 0 radical (unpaired) electrons. The van der Waals surface area contributed by atoms with Gasteiger partial charge >= 0.3 is 0 Å². The number of ether oxygens (including phenoxy) is 1. The van der Waals surface area contributed by atoms with Gasteiger partial charge in [-0.15, -0.1) is 0 Å². The smallest absolute Gasteiger partial charge is 0.257 e. The zero-order chi connectivity index (χ0) is 20.4. The second-order valence-electron chi connectivity index (χ2n) is 7.93. The molecule has 0 saturated carbocycles. The maximum atomic E-state index is 13.1. The monoisotopic (exact) mass is 392 g/mol. The van der Waals surface area contributed by atoms with Crippen LogP contribution in [0.4, 0.5) is 0 Å². The van der Waals surface area contributed by atoms with Crippen LogP contribution >= 0.6 is 0 Å². The number of carbonyl (C=O) groups is 1. The fourth-order valence-corrected chi connectivity index (χ4v) is 3.99. The lowest BCUT2D eigenvalue weighted by Gasteiger charge is -2.34. The highest BCUT2D eigenvalue weighted by molar-refractivity contribution is 5.97. The number of benzene rings is 1. The SMILES string of the molecule is Cc1cccn2cc(COc3ccccc3C(=O)N3CCC(C(C)N)CC3)nc12. The van der Waals surface area contributed by atoms with Gasteiger partial charge in [0, 0.05) is 31.5 Å². The van der Waals surface area contributed by atoms with Crippen molar-refractivity contribution in [3.63, 3.8) is 0 Å². The third kappa shape index (κ3) is 4.12. The van der Waals surface area contributed by atoms with Crippen LogP contribution in [0.15, 0.2) is 48.8 Å². The summed E-state index contributed by atoms with van der Waals surface area (Å²) in [6.07, 6.45) is 5.84. The summed E-state index contributed by atoms with van der Waals surface area (Å²) in [5.74, 6) is 1.11. The van der Waals surface area contributed by atoms with E-state index in [-0.39, 0.29) is 11.9 Å². The van der Waals surface area contributed by atoms with E-state index in [9.17, 15) is 4.79 Å². The summed E-state index contributed by atoms with van der Waals surface area (Å²) in [6, 6.07) is 11.7. The van der Waals surface area contributed by atoms with Crippen molar-refractivity contribution in [1.82, 2.24) is 14.3 Å². The molecule has 152 valence electrons. The Kier molecular flexibility index (Phi) is 5.53. The van der Waals surface area contributed by atoms with Crippen molar-refractivity contribution in [2.75, 3.05) is 13.1 Å². The van der Waals surface area contributed by atoms with E-state index < -0.39 is 0 Å². The summed E-state index contributed by atoms with van der Waals surface area (Å²) >= 11 is 0. The molecule has 6 nitrogen and oxygen atoms in total. The predicted octanol–water partition coefficient (Wildman–Crippen LogP) is 3.42. The maximum absolute atomic E-state index is 13.1. The van der Waals surface area contributed by atoms with Gasteiger partial charge in [0.15, 0.2) is 0 Å². The summed E-state index contributed by atoms with van der Waals surface area (Å²) in [4.78, 5) is 19.6. The topological polar surface area (TPSA) is 72.9 Å². The van der Waals surface area contributed by atoms with Gasteiger partial charge in [0.1, 0.15) is 18.0 Å². The molecule has 29 heavy (non-hydrogen) atoms. The molecule has 0 bridgehead atoms. The number of nitrogens with two attached hydrogens (primary N) is 1. The van der Waals surface area contributed by atoms with Gasteiger partial charge < -0.3 is 19.8 Å². The second kappa shape index (κ2) is 8.25. The van der Waals surface area contributed by atoms with Gasteiger partial charge in [-0.2, -0.15) is 0 Å². The number of piperidine rings is 1. The highest BCUT2D eigenvalue weighted by Crippen LogP contribution is 2.25. The van der Waals surface area contributed by atoms with Crippen LogP contribution in [-0.2, 0) is 6.61 Å². The number of fused-ring (bicyclic) bond motifs is 1. The number of para-hydroxylation sites is 1. The summed E-state index contributed by atoms with van der Waals surface area (Å²) in [5.41, 5.74) is 9.50. The Hall–Kier alpha value is -2.86. The van der Waals surface area contributed by atoms with E-state index in [0.29, 0.717) is 23.8 Å². The molecular formula is C23H28N4O2. The van der Waals surface area contributed by atoms with Gasteiger partial charge in [-0.05, 0) is 56.4 Å². The van der Waals surface area contributed by atoms with Gasteiger partial charge in [0.2, 0.25) is 0 Å². The number of rotatable bonds is 5. The van der Waals surface area contributed by atoms with Gasteiger partial charge in [0.25, 0.3) is 5.91 Å². The number of aryl methyl sites for hydroxylation is 1.